The topological polar surface area (TPSA) is 41.9 Å². The molecule has 2 aliphatic heterocycles. The summed E-state index contributed by atoms with van der Waals surface area (Å²) >= 11 is 2.29. The van der Waals surface area contributed by atoms with Gasteiger partial charge >= 0.3 is 6.09 Å². The number of halogens is 1. The average Bonchev–Trinajstić information content (AvgIpc) is 2.81. The summed E-state index contributed by atoms with van der Waals surface area (Å²) in [7, 11) is 0. The van der Waals surface area contributed by atoms with E-state index in [0.29, 0.717) is 0 Å². The van der Waals surface area contributed by atoms with Gasteiger partial charge in [0.1, 0.15) is 5.60 Å². The molecule has 0 bridgehead atoms. The van der Waals surface area contributed by atoms with E-state index in [2.05, 4.69) is 27.6 Å². The van der Waals surface area contributed by atoms with Crippen LogP contribution in [0, 0.1) is 0 Å². The van der Waals surface area contributed by atoms with Crippen LogP contribution in [0.5, 0.6) is 0 Å². The van der Waals surface area contributed by atoms with Crippen LogP contribution in [0.3, 0.4) is 0 Å². The summed E-state index contributed by atoms with van der Waals surface area (Å²) in [6.45, 7) is 6.46. The van der Waals surface area contributed by atoms with E-state index in [9.17, 15) is 4.79 Å². The van der Waals surface area contributed by atoms with Crippen molar-refractivity contribution in [2.45, 2.75) is 51.7 Å². The lowest BCUT2D eigenvalue weighted by atomic mass is 10.1. The highest BCUT2D eigenvalue weighted by molar-refractivity contribution is 14.1. The van der Waals surface area contributed by atoms with Gasteiger partial charge in [-0.2, -0.15) is 0 Å². The van der Waals surface area contributed by atoms with Crippen molar-refractivity contribution in [3.63, 3.8) is 0 Å². The zero-order valence-electron chi connectivity index (χ0n) is 11.1. The fourth-order valence-corrected chi connectivity index (χ4v) is 2.80. The summed E-state index contributed by atoms with van der Waals surface area (Å²) in [5.74, 6) is 0. The Hall–Kier alpha value is -0.590. The third-order valence-corrected chi connectivity index (χ3v) is 3.65. The zero-order chi connectivity index (χ0) is 13.3. The number of nitrogens with zero attached hydrogens (tertiary/aromatic N) is 2. The first-order valence-electron chi connectivity index (χ1n) is 6.27. The number of aliphatic imine (C=N–C) groups is 1. The van der Waals surface area contributed by atoms with Crippen LogP contribution >= 0.6 is 22.6 Å². The highest BCUT2D eigenvalue weighted by atomic mass is 127. The molecule has 1 amide bonds. The number of carbonyl (C=O) groups is 1. The second kappa shape index (κ2) is 5.19. The van der Waals surface area contributed by atoms with Crippen molar-refractivity contribution in [1.82, 2.24) is 4.90 Å². The number of carbonyl (C=O) groups excluding carboxylic acids is 1. The van der Waals surface area contributed by atoms with Crippen molar-refractivity contribution in [1.29, 1.82) is 0 Å². The first-order chi connectivity index (χ1) is 8.37. The van der Waals surface area contributed by atoms with Gasteiger partial charge in [-0.05, 0) is 56.2 Å². The predicted molar refractivity (Wildman–Crippen MR) is 80.1 cm³/mol. The molecular formula is C13H19IN2O2. The van der Waals surface area contributed by atoms with Gasteiger partial charge in [-0.1, -0.05) is 0 Å². The molecule has 2 aliphatic rings. The van der Waals surface area contributed by atoms with Crippen LogP contribution in [-0.4, -0.2) is 34.9 Å². The molecule has 1 atom stereocenters. The van der Waals surface area contributed by atoms with Crippen LogP contribution in [0.15, 0.2) is 14.8 Å². The zero-order valence-corrected chi connectivity index (χ0v) is 13.2. The highest BCUT2D eigenvalue weighted by Crippen LogP contribution is 2.28. The lowest BCUT2D eigenvalue weighted by molar-refractivity contribution is 0.0265. The fraction of sp³-hybridized carbons (Fsp3) is 0.692. The van der Waals surface area contributed by atoms with Crippen molar-refractivity contribution >= 4 is 34.4 Å². The van der Waals surface area contributed by atoms with E-state index in [1.807, 2.05) is 31.9 Å². The van der Waals surface area contributed by atoms with Crippen molar-refractivity contribution in [2.75, 3.05) is 6.54 Å². The van der Waals surface area contributed by atoms with Crippen LogP contribution in [0.1, 0.15) is 40.0 Å². The third kappa shape index (κ3) is 3.24. The second-order valence-corrected chi connectivity index (χ2v) is 7.09. The maximum absolute atomic E-state index is 12.1. The van der Waals surface area contributed by atoms with Gasteiger partial charge in [-0.25, -0.2) is 4.79 Å². The molecule has 0 aromatic heterocycles. The minimum Gasteiger partial charge on any atom is -0.444 e. The molecule has 1 saturated heterocycles. The molecule has 0 aromatic rings. The number of ether oxygens (including phenoxy) is 1. The minimum atomic E-state index is -0.436. The Balaban J connectivity index is 2.02. The standard InChI is InChI=1S/C13H19IN2O2/c1-13(2,3)18-12(17)16-6-4-5-11(16)10-7-9(14)8-15-10/h8,11H,4-7H2,1-3H3/t11-/m0/s1. The number of hydrogen-bond donors (Lipinski definition) is 0. The number of rotatable bonds is 1. The predicted octanol–water partition coefficient (Wildman–Crippen LogP) is 3.51. The lowest BCUT2D eigenvalue weighted by Crippen LogP contribution is -2.43. The van der Waals surface area contributed by atoms with Gasteiger partial charge in [0, 0.05) is 28.5 Å². The van der Waals surface area contributed by atoms with Gasteiger partial charge < -0.3 is 4.74 Å². The minimum absolute atomic E-state index is 0.128. The van der Waals surface area contributed by atoms with Crippen LogP contribution in [0.4, 0.5) is 4.79 Å². The van der Waals surface area contributed by atoms with Crippen molar-refractivity contribution in [3.05, 3.63) is 9.78 Å². The SMILES string of the molecule is CC(C)(C)OC(=O)N1CCC[C@H]1C1=NC=C(I)C1. The molecule has 2 heterocycles. The quantitative estimate of drug-likeness (QED) is 0.670. The summed E-state index contributed by atoms with van der Waals surface area (Å²) in [5.41, 5.74) is 0.664. The van der Waals surface area contributed by atoms with Gasteiger partial charge in [0.2, 0.25) is 0 Å². The number of amides is 1. The van der Waals surface area contributed by atoms with Crippen molar-refractivity contribution < 1.29 is 9.53 Å². The number of hydrogen-bond acceptors (Lipinski definition) is 3. The van der Waals surface area contributed by atoms with E-state index in [1.165, 1.54) is 3.58 Å². The maximum atomic E-state index is 12.1. The Kier molecular flexibility index (Phi) is 3.99. The Morgan fingerprint density at radius 2 is 2.28 bits per heavy atom. The number of allylic oxidation sites excluding steroid dienone is 1. The van der Waals surface area contributed by atoms with Crippen LogP contribution in [0.2, 0.25) is 0 Å². The molecule has 100 valence electrons. The summed E-state index contributed by atoms with van der Waals surface area (Å²) in [6.07, 6.45) is 4.58. The smallest absolute Gasteiger partial charge is 0.410 e. The Morgan fingerprint density at radius 1 is 1.56 bits per heavy atom. The second-order valence-electron chi connectivity index (χ2n) is 5.70. The number of likely N-dealkylation sites (tertiary alicyclic amines) is 1. The third-order valence-electron chi connectivity index (χ3n) is 2.99. The largest absolute Gasteiger partial charge is 0.444 e. The maximum Gasteiger partial charge on any atom is 0.410 e. The van der Waals surface area contributed by atoms with Gasteiger partial charge in [-0.3, -0.25) is 9.89 Å². The molecule has 0 aromatic carbocycles. The lowest BCUT2D eigenvalue weighted by Gasteiger charge is -2.28. The molecule has 0 N–H and O–H groups in total. The van der Waals surface area contributed by atoms with Gasteiger partial charge in [0.25, 0.3) is 0 Å². The first-order valence-corrected chi connectivity index (χ1v) is 7.35. The molecule has 18 heavy (non-hydrogen) atoms. The first kappa shape index (κ1) is 13.8. The molecule has 1 fully saturated rings. The molecule has 2 rings (SSSR count). The Morgan fingerprint density at radius 3 is 2.83 bits per heavy atom. The molecule has 4 nitrogen and oxygen atoms in total. The molecule has 0 radical (unpaired) electrons. The van der Waals surface area contributed by atoms with E-state index in [1.54, 1.807) is 0 Å². The summed E-state index contributed by atoms with van der Waals surface area (Å²) in [6, 6.07) is 0.128. The van der Waals surface area contributed by atoms with E-state index >= 15 is 0 Å². The van der Waals surface area contributed by atoms with Crippen LogP contribution in [0.25, 0.3) is 0 Å². The van der Waals surface area contributed by atoms with Gasteiger partial charge in [0.05, 0.1) is 6.04 Å². The highest BCUT2D eigenvalue weighted by Gasteiger charge is 2.35. The van der Waals surface area contributed by atoms with Crippen LogP contribution in [-0.2, 0) is 4.74 Å². The molecule has 0 saturated carbocycles. The summed E-state index contributed by atoms with van der Waals surface area (Å²) in [4.78, 5) is 18.4. The van der Waals surface area contributed by atoms with Gasteiger partial charge in [-0.15, -0.1) is 0 Å². The molecule has 0 unspecified atom stereocenters. The molecule has 0 aliphatic carbocycles. The summed E-state index contributed by atoms with van der Waals surface area (Å²) in [5, 5.41) is 0. The van der Waals surface area contributed by atoms with Crippen molar-refractivity contribution in [2.24, 2.45) is 4.99 Å². The van der Waals surface area contributed by atoms with Gasteiger partial charge in [0.15, 0.2) is 0 Å². The Labute approximate surface area is 122 Å². The molecular weight excluding hydrogens is 343 g/mol. The summed E-state index contributed by atoms with van der Waals surface area (Å²) < 4.78 is 6.69. The van der Waals surface area contributed by atoms with Crippen LogP contribution < -0.4 is 0 Å². The molecule has 5 heteroatoms. The monoisotopic (exact) mass is 362 g/mol. The normalized spacial score (nSPS) is 24.0. The fourth-order valence-electron chi connectivity index (χ4n) is 2.27. The van der Waals surface area contributed by atoms with Crippen molar-refractivity contribution in [3.8, 4) is 0 Å². The Bertz CT molecular complexity index is 410. The van der Waals surface area contributed by atoms with E-state index in [-0.39, 0.29) is 12.1 Å². The average molecular weight is 362 g/mol. The van der Waals surface area contributed by atoms with E-state index in [4.69, 9.17) is 4.74 Å². The van der Waals surface area contributed by atoms with E-state index < -0.39 is 5.60 Å². The molecule has 0 spiro atoms. The van der Waals surface area contributed by atoms with E-state index in [0.717, 1.165) is 31.5 Å².